The monoisotopic (exact) mass is 359 g/mol. The molecular formula is C15H12ClF2NO3S. The smallest absolute Gasteiger partial charge is 0.307 e. The Morgan fingerprint density at radius 3 is 2.65 bits per heavy atom. The molecule has 8 heteroatoms. The predicted octanol–water partition coefficient (Wildman–Crippen LogP) is 3.71. The van der Waals surface area contributed by atoms with Crippen molar-refractivity contribution in [2.45, 2.75) is 12.5 Å². The topological polar surface area (TPSA) is 55.4 Å². The second kappa shape index (κ2) is 7.52. The van der Waals surface area contributed by atoms with Crippen LogP contribution in [0.5, 0.6) is 0 Å². The van der Waals surface area contributed by atoms with Crippen LogP contribution in [0.2, 0.25) is 5.02 Å². The van der Waals surface area contributed by atoms with Crippen LogP contribution in [0.1, 0.15) is 27.7 Å². The number of carbonyl (C=O) groups excluding carboxylic acids is 2. The molecule has 2 aromatic rings. The number of nitrogens with one attached hydrogen (secondary N) is 1. The second-order valence-electron chi connectivity index (χ2n) is 4.57. The van der Waals surface area contributed by atoms with E-state index in [4.69, 9.17) is 11.6 Å². The lowest BCUT2D eigenvalue weighted by molar-refractivity contribution is -0.141. The van der Waals surface area contributed by atoms with Crippen LogP contribution >= 0.6 is 22.9 Å². The molecule has 0 aliphatic heterocycles. The molecule has 0 unspecified atom stereocenters. The number of amides is 1. The fourth-order valence-electron chi connectivity index (χ4n) is 1.89. The summed E-state index contributed by atoms with van der Waals surface area (Å²) in [5.41, 5.74) is -0.211. The van der Waals surface area contributed by atoms with Gasteiger partial charge in [-0.15, -0.1) is 11.3 Å². The third-order valence-electron chi connectivity index (χ3n) is 3.05. The second-order valence-corrected chi connectivity index (χ2v) is 5.95. The minimum Gasteiger partial charge on any atom is -0.469 e. The number of hydrogen-bond acceptors (Lipinski definition) is 4. The minimum atomic E-state index is -1.18. The zero-order valence-electron chi connectivity index (χ0n) is 11.9. The summed E-state index contributed by atoms with van der Waals surface area (Å²) >= 11 is 7.12. The predicted molar refractivity (Wildman–Crippen MR) is 82.5 cm³/mol. The first kappa shape index (κ1) is 17.4. The summed E-state index contributed by atoms with van der Waals surface area (Å²) in [6, 6.07) is 4.30. The van der Waals surface area contributed by atoms with E-state index in [1.165, 1.54) is 18.4 Å². The van der Waals surface area contributed by atoms with Gasteiger partial charge in [-0.2, -0.15) is 0 Å². The van der Waals surface area contributed by atoms with Crippen molar-refractivity contribution in [1.82, 2.24) is 5.32 Å². The van der Waals surface area contributed by atoms with Gasteiger partial charge in [0.05, 0.1) is 30.2 Å². The molecule has 1 aromatic heterocycles. The highest BCUT2D eigenvalue weighted by Gasteiger charge is 2.22. The molecule has 0 spiro atoms. The van der Waals surface area contributed by atoms with Crippen molar-refractivity contribution >= 4 is 34.8 Å². The molecule has 4 nitrogen and oxygen atoms in total. The Balaban J connectivity index is 2.24. The van der Waals surface area contributed by atoms with Crippen molar-refractivity contribution in [3.05, 3.63) is 56.7 Å². The first-order chi connectivity index (χ1) is 10.9. The van der Waals surface area contributed by atoms with E-state index in [9.17, 15) is 18.4 Å². The lowest BCUT2D eigenvalue weighted by atomic mass is 10.1. The zero-order chi connectivity index (χ0) is 17.0. The number of esters is 1. The van der Waals surface area contributed by atoms with Crippen LogP contribution in [0.3, 0.4) is 0 Å². The summed E-state index contributed by atoms with van der Waals surface area (Å²) < 4.78 is 31.0. The maximum absolute atomic E-state index is 13.3. The molecule has 0 fully saturated rings. The molecule has 2 rings (SSSR count). The molecule has 0 aliphatic carbocycles. The van der Waals surface area contributed by atoms with E-state index in [2.05, 4.69) is 10.1 Å². The van der Waals surface area contributed by atoms with Gasteiger partial charge < -0.3 is 10.1 Å². The highest BCUT2D eigenvalue weighted by molar-refractivity contribution is 7.10. The summed E-state index contributed by atoms with van der Waals surface area (Å²) in [6.45, 7) is 0. The summed E-state index contributed by atoms with van der Waals surface area (Å²) in [6.07, 6.45) is -0.0932. The van der Waals surface area contributed by atoms with E-state index < -0.39 is 29.6 Å². The van der Waals surface area contributed by atoms with Gasteiger partial charge in [0.1, 0.15) is 0 Å². The van der Waals surface area contributed by atoms with E-state index in [-0.39, 0.29) is 17.0 Å². The van der Waals surface area contributed by atoms with Crippen LogP contribution < -0.4 is 5.32 Å². The summed E-state index contributed by atoms with van der Waals surface area (Å²) in [5.74, 6) is -3.55. The number of ether oxygens (including phenoxy) is 1. The van der Waals surface area contributed by atoms with Crippen molar-refractivity contribution in [3.8, 4) is 0 Å². The maximum atomic E-state index is 13.3. The van der Waals surface area contributed by atoms with Crippen LogP contribution in [0, 0.1) is 11.6 Å². The van der Waals surface area contributed by atoms with Crippen molar-refractivity contribution in [1.29, 1.82) is 0 Å². The third-order valence-corrected chi connectivity index (χ3v) is 4.34. The average molecular weight is 360 g/mol. The van der Waals surface area contributed by atoms with E-state index in [0.717, 1.165) is 17.0 Å². The zero-order valence-corrected chi connectivity index (χ0v) is 13.5. The van der Waals surface area contributed by atoms with Crippen molar-refractivity contribution in [2.75, 3.05) is 7.11 Å². The standard InChI is InChI=1S/C15H12ClF2NO3S/c1-22-14(20)7-12(13-3-2-4-23-13)19-15(21)8-5-10(17)11(18)6-9(8)16/h2-6,12H,7H2,1H3,(H,19,21)/t12-/m0/s1. The Hall–Kier alpha value is -1.99. The Morgan fingerprint density at radius 2 is 2.04 bits per heavy atom. The first-order valence-corrected chi connectivity index (χ1v) is 7.73. The van der Waals surface area contributed by atoms with Crippen molar-refractivity contribution in [2.24, 2.45) is 0 Å². The Kier molecular flexibility index (Phi) is 5.68. The van der Waals surface area contributed by atoms with Gasteiger partial charge in [0.15, 0.2) is 11.6 Å². The van der Waals surface area contributed by atoms with Crippen LogP contribution in [-0.4, -0.2) is 19.0 Å². The Morgan fingerprint density at radius 1 is 1.35 bits per heavy atom. The largest absolute Gasteiger partial charge is 0.469 e. The number of benzene rings is 1. The van der Waals surface area contributed by atoms with Crippen LogP contribution in [-0.2, 0) is 9.53 Å². The van der Waals surface area contributed by atoms with Gasteiger partial charge in [0, 0.05) is 4.88 Å². The van der Waals surface area contributed by atoms with Gasteiger partial charge >= 0.3 is 5.97 Å². The van der Waals surface area contributed by atoms with Crippen LogP contribution in [0.25, 0.3) is 0 Å². The van der Waals surface area contributed by atoms with Gasteiger partial charge in [0.2, 0.25) is 0 Å². The fraction of sp³-hybridized carbons (Fsp3) is 0.200. The fourth-order valence-corrected chi connectivity index (χ4v) is 2.91. The normalized spacial score (nSPS) is 11.8. The molecule has 1 amide bonds. The van der Waals surface area contributed by atoms with E-state index >= 15 is 0 Å². The summed E-state index contributed by atoms with van der Waals surface area (Å²) in [7, 11) is 1.24. The number of hydrogen-bond donors (Lipinski definition) is 1. The average Bonchev–Trinajstić information content (AvgIpc) is 3.04. The number of thiophene rings is 1. The first-order valence-electron chi connectivity index (χ1n) is 6.48. The molecule has 0 saturated heterocycles. The van der Waals surface area contributed by atoms with E-state index in [1.807, 2.05) is 0 Å². The maximum Gasteiger partial charge on any atom is 0.307 e. The van der Waals surface area contributed by atoms with Crippen molar-refractivity contribution in [3.63, 3.8) is 0 Å². The number of halogens is 3. The molecule has 0 saturated carbocycles. The van der Waals surface area contributed by atoms with Crippen LogP contribution in [0.15, 0.2) is 29.6 Å². The van der Waals surface area contributed by atoms with Gasteiger partial charge in [-0.05, 0) is 23.6 Å². The Labute approximate surface area is 140 Å². The SMILES string of the molecule is COC(=O)C[C@H](NC(=O)c1cc(F)c(F)cc1Cl)c1cccs1. The highest BCUT2D eigenvalue weighted by atomic mass is 35.5. The van der Waals surface area contributed by atoms with Gasteiger partial charge in [0.25, 0.3) is 5.91 Å². The molecule has 23 heavy (non-hydrogen) atoms. The minimum absolute atomic E-state index is 0.0932. The van der Waals surface area contributed by atoms with Gasteiger partial charge in [-0.25, -0.2) is 8.78 Å². The third kappa shape index (κ3) is 4.27. The highest BCUT2D eigenvalue weighted by Crippen LogP contribution is 2.25. The molecule has 0 bridgehead atoms. The van der Waals surface area contributed by atoms with Crippen LogP contribution in [0.4, 0.5) is 8.78 Å². The number of methoxy groups -OCH3 is 1. The summed E-state index contributed by atoms with van der Waals surface area (Å²) in [5, 5.41) is 4.16. The van der Waals surface area contributed by atoms with Gasteiger partial charge in [-0.1, -0.05) is 17.7 Å². The van der Waals surface area contributed by atoms with Gasteiger partial charge in [-0.3, -0.25) is 9.59 Å². The number of carbonyl (C=O) groups is 2. The molecule has 0 aliphatic rings. The molecule has 1 heterocycles. The van der Waals surface area contributed by atoms with E-state index in [1.54, 1.807) is 17.5 Å². The molecule has 1 atom stereocenters. The number of rotatable bonds is 5. The molecule has 1 aromatic carbocycles. The molecule has 122 valence electrons. The molecule has 0 radical (unpaired) electrons. The Bertz CT molecular complexity index is 722. The van der Waals surface area contributed by atoms with E-state index in [0.29, 0.717) is 0 Å². The lowest BCUT2D eigenvalue weighted by Crippen LogP contribution is -2.30. The lowest BCUT2D eigenvalue weighted by Gasteiger charge is -2.17. The summed E-state index contributed by atoms with van der Waals surface area (Å²) in [4.78, 5) is 24.5. The van der Waals surface area contributed by atoms with Crippen molar-refractivity contribution < 1.29 is 23.1 Å². The quantitative estimate of drug-likeness (QED) is 0.654. The molecular weight excluding hydrogens is 348 g/mol. The molecule has 1 N–H and O–H groups in total.